The summed E-state index contributed by atoms with van der Waals surface area (Å²) >= 11 is 0. The highest BCUT2D eigenvalue weighted by Gasteiger charge is 2.38. The average molecular weight is 612 g/mol. The van der Waals surface area contributed by atoms with Gasteiger partial charge in [-0.2, -0.15) is 26.3 Å². The standard InChI is InChI=1S/C30H28F7N3O3/c31-28-24(39-11-5-10-27(39)43)14-22(30(35,36)37)15-25(28)40(18-41)23(13-19-6-2-1-3-7-19)26(42)17-38-16-20-8-4-9-21(12-20)29(32,33)34/h1-4,6-9,12,14-15,18,23,26,38,42H,5,10-11,13,16-17H2. The van der Waals surface area contributed by atoms with Crippen LogP contribution in [-0.2, 0) is 34.9 Å². The molecule has 3 aromatic rings. The number of hydrogen-bond donors (Lipinski definition) is 2. The molecule has 0 spiro atoms. The van der Waals surface area contributed by atoms with E-state index < -0.39 is 58.7 Å². The fraction of sp³-hybridized carbons (Fsp3) is 0.333. The molecular formula is C30H28F7N3O3. The van der Waals surface area contributed by atoms with Crippen LogP contribution in [0, 0.1) is 5.82 Å². The Morgan fingerprint density at radius 2 is 1.60 bits per heavy atom. The quantitative estimate of drug-likeness (QED) is 0.215. The number of aliphatic hydroxyl groups is 1. The van der Waals surface area contributed by atoms with Crippen molar-refractivity contribution in [1.29, 1.82) is 0 Å². The fourth-order valence-electron chi connectivity index (χ4n) is 4.99. The monoisotopic (exact) mass is 611 g/mol. The Kier molecular flexibility index (Phi) is 9.75. The van der Waals surface area contributed by atoms with Gasteiger partial charge in [0.25, 0.3) is 0 Å². The van der Waals surface area contributed by atoms with Gasteiger partial charge in [0.05, 0.1) is 34.6 Å². The number of carbonyl (C=O) groups excluding carboxylic acids is 2. The Labute approximate surface area is 242 Å². The minimum absolute atomic E-state index is 0.00682. The molecule has 2 atom stereocenters. The second-order valence-corrected chi connectivity index (χ2v) is 10.1. The van der Waals surface area contributed by atoms with Crippen molar-refractivity contribution in [3.05, 3.63) is 94.8 Å². The molecule has 43 heavy (non-hydrogen) atoms. The van der Waals surface area contributed by atoms with Gasteiger partial charge in [0, 0.05) is 26.1 Å². The van der Waals surface area contributed by atoms with E-state index in [4.69, 9.17) is 0 Å². The molecule has 1 heterocycles. The summed E-state index contributed by atoms with van der Waals surface area (Å²) in [7, 11) is 0. The molecule has 0 aliphatic carbocycles. The van der Waals surface area contributed by atoms with Crippen LogP contribution >= 0.6 is 0 Å². The maximum Gasteiger partial charge on any atom is 0.416 e. The minimum atomic E-state index is -4.95. The number of amides is 2. The first kappa shape index (κ1) is 32.0. The van der Waals surface area contributed by atoms with Gasteiger partial charge in [-0.05, 0) is 42.2 Å². The van der Waals surface area contributed by atoms with Crippen molar-refractivity contribution in [3.8, 4) is 0 Å². The molecule has 1 saturated heterocycles. The minimum Gasteiger partial charge on any atom is -0.390 e. The van der Waals surface area contributed by atoms with Gasteiger partial charge >= 0.3 is 12.4 Å². The van der Waals surface area contributed by atoms with Crippen LogP contribution in [-0.4, -0.2) is 42.7 Å². The van der Waals surface area contributed by atoms with Gasteiger partial charge in [0.15, 0.2) is 5.82 Å². The van der Waals surface area contributed by atoms with Crippen molar-refractivity contribution in [2.24, 2.45) is 0 Å². The van der Waals surface area contributed by atoms with Crippen LogP contribution in [0.15, 0.2) is 66.7 Å². The Hall–Kier alpha value is -3.97. The lowest BCUT2D eigenvalue weighted by atomic mass is 9.98. The summed E-state index contributed by atoms with van der Waals surface area (Å²) in [6, 6.07) is 12.5. The molecule has 0 saturated carbocycles. The summed E-state index contributed by atoms with van der Waals surface area (Å²) in [6.07, 6.45) is -10.7. The molecule has 1 aliphatic heterocycles. The van der Waals surface area contributed by atoms with E-state index in [2.05, 4.69) is 5.32 Å². The van der Waals surface area contributed by atoms with E-state index in [9.17, 15) is 41.0 Å². The van der Waals surface area contributed by atoms with Crippen LogP contribution in [0.3, 0.4) is 0 Å². The lowest BCUT2D eigenvalue weighted by Crippen LogP contribution is -2.49. The largest absolute Gasteiger partial charge is 0.416 e. The third-order valence-corrected chi connectivity index (χ3v) is 7.14. The highest BCUT2D eigenvalue weighted by atomic mass is 19.4. The molecule has 0 bridgehead atoms. The van der Waals surface area contributed by atoms with E-state index in [1.807, 2.05) is 0 Å². The molecule has 6 nitrogen and oxygen atoms in total. The lowest BCUT2D eigenvalue weighted by molar-refractivity contribution is -0.138. The number of alkyl halides is 6. The Morgan fingerprint density at radius 3 is 2.21 bits per heavy atom. The first-order valence-corrected chi connectivity index (χ1v) is 13.3. The number of nitrogens with one attached hydrogen (secondary N) is 1. The molecule has 0 aromatic heterocycles. The zero-order valence-corrected chi connectivity index (χ0v) is 22.6. The topological polar surface area (TPSA) is 72.9 Å². The van der Waals surface area contributed by atoms with E-state index >= 15 is 4.39 Å². The van der Waals surface area contributed by atoms with Crippen molar-refractivity contribution in [1.82, 2.24) is 5.32 Å². The van der Waals surface area contributed by atoms with Gasteiger partial charge in [-0.1, -0.05) is 48.5 Å². The highest BCUT2D eigenvalue weighted by Crippen LogP contribution is 2.40. The summed E-state index contributed by atoms with van der Waals surface area (Å²) in [5.74, 6) is -1.81. The maximum absolute atomic E-state index is 15.9. The smallest absolute Gasteiger partial charge is 0.390 e. The number of carbonyl (C=O) groups is 2. The van der Waals surface area contributed by atoms with Crippen molar-refractivity contribution < 1.29 is 45.4 Å². The number of hydrogen-bond acceptors (Lipinski definition) is 4. The number of halogens is 7. The SMILES string of the molecule is O=CN(c1cc(C(F)(F)F)cc(N2CCCC2=O)c1F)C(Cc1ccccc1)C(O)CNCc1cccc(C(F)(F)F)c1. The summed E-state index contributed by atoms with van der Waals surface area (Å²) < 4.78 is 96.9. The van der Waals surface area contributed by atoms with Gasteiger partial charge < -0.3 is 20.2 Å². The lowest BCUT2D eigenvalue weighted by Gasteiger charge is -2.34. The molecule has 0 radical (unpaired) electrons. The fourth-order valence-corrected chi connectivity index (χ4v) is 4.99. The van der Waals surface area contributed by atoms with Gasteiger partial charge in [-0.15, -0.1) is 0 Å². The van der Waals surface area contributed by atoms with Crippen LogP contribution in [0.5, 0.6) is 0 Å². The normalized spacial score (nSPS) is 15.4. The van der Waals surface area contributed by atoms with Crippen molar-refractivity contribution in [2.45, 2.75) is 50.3 Å². The number of nitrogens with zero attached hydrogens (tertiary/aromatic N) is 2. The predicted octanol–water partition coefficient (Wildman–Crippen LogP) is 5.71. The van der Waals surface area contributed by atoms with Crippen LogP contribution in [0.1, 0.15) is 35.1 Å². The van der Waals surface area contributed by atoms with E-state index in [1.165, 1.54) is 12.1 Å². The average Bonchev–Trinajstić information content (AvgIpc) is 3.38. The number of anilines is 2. The first-order valence-electron chi connectivity index (χ1n) is 13.3. The zero-order valence-electron chi connectivity index (χ0n) is 22.6. The van der Waals surface area contributed by atoms with Gasteiger partial charge in [-0.3, -0.25) is 9.59 Å². The highest BCUT2D eigenvalue weighted by molar-refractivity contribution is 5.96. The van der Waals surface area contributed by atoms with E-state index in [-0.39, 0.29) is 44.4 Å². The van der Waals surface area contributed by atoms with E-state index in [0.29, 0.717) is 29.0 Å². The molecule has 230 valence electrons. The summed E-state index contributed by atoms with van der Waals surface area (Å²) in [5, 5.41) is 14.0. The van der Waals surface area contributed by atoms with Crippen molar-refractivity contribution in [2.75, 3.05) is 22.9 Å². The van der Waals surface area contributed by atoms with Crippen LogP contribution in [0.25, 0.3) is 0 Å². The van der Waals surface area contributed by atoms with E-state index in [1.54, 1.807) is 30.3 Å². The molecule has 1 aliphatic rings. The summed E-state index contributed by atoms with van der Waals surface area (Å²) in [5.41, 5.74) is -2.75. The number of rotatable bonds is 11. The van der Waals surface area contributed by atoms with E-state index in [0.717, 1.165) is 17.0 Å². The van der Waals surface area contributed by atoms with Crippen LogP contribution < -0.4 is 15.1 Å². The molecule has 4 rings (SSSR count). The molecule has 13 heteroatoms. The Morgan fingerprint density at radius 1 is 0.930 bits per heavy atom. The molecule has 2 amide bonds. The second-order valence-electron chi connectivity index (χ2n) is 10.1. The maximum atomic E-state index is 15.9. The molecule has 1 fully saturated rings. The predicted molar refractivity (Wildman–Crippen MR) is 145 cm³/mol. The molecule has 3 aromatic carbocycles. The number of benzene rings is 3. The van der Waals surface area contributed by atoms with Crippen molar-refractivity contribution >= 4 is 23.7 Å². The second kappa shape index (κ2) is 13.1. The third-order valence-electron chi connectivity index (χ3n) is 7.14. The van der Waals surface area contributed by atoms with Gasteiger partial charge in [0.2, 0.25) is 12.3 Å². The number of aliphatic hydroxyl groups excluding tert-OH is 1. The summed E-state index contributed by atoms with van der Waals surface area (Å²) in [4.78, 5) is 26.3. The Balaban J connectivity index is 1.68. The summed E-state index contributed by atoms with van der Waals surface area (Å²) in [6.45, 7) is -0.428. The van der Waals surface area contributed by atoms with Gasteiger partial charge in [0.1, 0.15) is 0 Å². The molecule has 2 unspecified atom stereocenters. The Bertz CT molecular complexity index is 1430. The van der Waals surface area contributed by atoms with Crippen LogP contribution in [0.4, 0.5) is 42.1 Å². The third kappa shape index (κ3) is 7.71. The molecule has 2 N–H and O–H groups in total. The van der Waals surface area contributed by atoms with Gasteiger partial charge in [-0.25, -0.2) is 4.39 Å². The van der Waals surface area contributed by atoms with Crippen LogP contribution in [0.2, 0.25) is 0 Å². The molecular weight excluding hydrogens is 583 g/mol. The van der Waals surface area contributed by atoms with Crippen molar-refractivity contribution in [3.63, 3.8) is 0 Å². The zero-order chi connectivity index (χ0) is 31.4. The first-order chi connectivity index (χ1) is 20.3.